The predicted molar refractivity (Wildman–Crippen MR) is 117 cm³/mol. The molecule has 0 saturated heterocycles. The Labute approximate surface area is 181 Å². The molecule has 168 valence electrons. The highest BCUT2D eigenvalue weighted by Gasteiger charge is 2.59. The van der Waals surface area contributed by atoms with Crippen LogP contribution in [-0.4, -0.2) is 23.1 Å². The van der Waals surface area contributed by atoms with Gasteiger partial charge in [0.05, 0.1) is 0 Å². The monoisotopic (exact) mass is 416 g/mol. The quantitative estimate of drug-likeness (QED) is 0.441. The molecule has 0 aromatic carbocycles. The van der Waals surface area contributed by atoms with Crippen molar-refractivity contribution in [2.75, 3.05) is 0 Å². The van der Waals surface area contributed by atoms with Gasteiger partial charge in [0.15, 0.2) is 0 Å². The fourth-order valence-electron chi connectivity index (χ4n) is 8.49. The van der Waals surface area contributed by atoms with Crippen molar-refractivity contribution in [2.24, 2.45) is 40.4 Å². The van der Waals surface area contributed by atoms with Gasteiger partial charge < -0.3 is 9.84 Å². The molecule has 1 N–H and O–H groups in total. The standard InChI is InChI=1S/C26H40O4/c1-16(5-10-24(28)29)21-8-9-22-20-7-6-18-15-19(30-17(2)27)11-13-25(18,3)23(20)12-14-26(21,22)4/h6,16,19-23H,5,7-15H2,1-4H3,(H,28,29)/t16-,19-,20+,21-,22+,23+,25-,26+/m0/s1. The zero-order valence-electron chi connectivity index (χ0n) is 19.3. The second-order valence-corrected chi connectivity index (χ2v) is 11.4. The van der Waals surface area contributed by atoms with Gasteiger partial charge >= 0.3 is 11.9 Å². The second kappa shape index (κ2) is 7.98. The average molecular weight is 417 g/mol. The van der Waals surface area contributed by atoms with E-state index in [1.54, 1.807) is 5.57 Å². The number of carboxylic acid groups (broad SMARTS) is 1. The number of aliphatic carboxylic acids is 1. The van der Waals surface area contributed by atoms with Gasteiger partial charge in [-0.05, 0) is 91.8 Å². The Morgan fingerprint density at radius 1 is 1.17 bits per heavy atom. The summed E-state index contributed by atoms with van der Waals surface area (Å²) in [4.78, 5) is 22.5. The van der Waals surface area contributed by atoms with Crippen molar-refractivity contribution in [1.82, 2.24) is 0 Å². The Kier molecular flexibility index (Phi) is 5.83. The summed E-state index contributed by atoms with van der Waals surface area (Å²) >= 11 is 0. The van der Waals surface area contributed by atoms with E-state index in [2.05, 4.69) is 26.8 Å². The van der Waals surface area contributed by atoms with Gasteiger partial charge in [0, 0.05) is 19.8 Å². The van der Waals surface area contributed by atoms with E-state index in [9.17, 15) is 9.59 Å². The third-order valence-corrected chi connectivity index (χ3v) is 9.97. The molecule has 0 amide bonds. The summed E-state index contributed by atoms with van der Waals surface area (Å²) in [5, 5.41) is 9.13. The third kappa shape index (κ3) is 3.62. The van der Waals surface area contributed by atoms with E-state index in [4.69, 9.17) is 9.84 Å². The van der Waals surface area contributed by atoms with Crippen LogP contribution in [0.4, 0.5) is 0 Å². The SMILES string of the molecule is CC(=O)O[C@H]1CC[C@@]2(C)C(=CC[C@@H]3[C@H]4CC[C@@H]([C@@H](C)CCC(=O)O)[C@@]4(C)CC[C@H]32)C1. The van der Waals surface area contributed by atoms with E-state index >= 15 is 0 Å². The zero-order chi connectivity index (χ0) is 21.7. The molecule has 4 aliphatic carbocycles. The largest absolute Gasteiger partial charge is 0.481 e. The average Bonchev–Trinajstić information content (AvgIpc) is 3.03. The molecule has 0 radical (unpaired) electrons. The summed E-state index contributed by atoms with van der Waals surface area (Å²) in [6.07, 6.45) is 13.1. The molecule has 0 bridgehead atoms. The number of hydrogen-bond acceptors (Lipinski definition) is 3. The Morgan fingerprint density at radius 2 is 1.93 bits per heavy atom. The molecular formula is C26H40O4. The van der Waals surface area contributed by atoms with Crippen molar-refractivity contribution >= 4 is 11.9 Å². The number of ether oxygens (including phenoxy) is 1. The van der Waals surface area contributed by atoms with Gasteiger partial charge in [-0.3, -0.25) is 9.59 Å². The van der Waals surface area contributed by atoms with Crippen molar-refractivity contribution in [1.29, 1.82) is 0 Å². The van der Waals surface area contributed by atoms with E-state index in [1.807, 2.05) is 0 Å². The topological polar surface area (TPSA) is 63.6 Å². The van der Waals surface area contributed by atoms with Crippen LogP contribution in [-0.2, 0) is 14.3 Å². The molecule has 30 heavy (non-hydrogen) atoms. The number of carbonyl (C=O) groups excluding carboxylic acids is 1. The van der Waals surface area contributed by atoms with Crippen molar-refractivity contribution in [3.05, 3.63) is 11.6 Å². The smallest absolute Gasteiger partial charge is 0.303 e. The van der Waals surface area contributed by atoms with Gasteiger partial charge in [0.2, 0.25) is 0 Å². The number of carboxylic acids is 1. The van der Waals surface area contributed by atoms with Crippen molar-refractivity contribution in [3.8, 4) is 0 Å². The van der Waals surface area contributed by atoms with Crippen LogP contribution in [0, 0.1) is 40.4 Å². The predicted octanol–water partition coefficient (Wildman–Crippen LogP) is 6.00. The lowest BCUT2D eigenvalue weighted by atomic mass is 9.47. The summed E-state index contributed by atoms with van der Waals surface area (Å²) in [6, 6.07) is 0. The van der Waals surface area contributed by atoms with Gasteiger partial charge in [-0.15, -0.1) is 0 Å². The van der Waals surface area contributed by atoms with Crippen LogP contribution in [0.3, 0.4) is 0 Å². The number of rotatable bonds is 5. The highest BCUT2D eigenvalue weighted by atomic mass is 16.5. The molecule has 3 fully saturated rings. The molecule has 0 aromatic rings. The number of carbonyl (C=O) groups is 2. The van der Waals surface area contributed by atoms with Crippen LogP contribution in [0.15, 0.2) is 11.6 Å². The number of fused-ring (bicyclic) bond motifs is 5. The van der Waals surface area contributed by atoms with Gasteiger partial charge in [0.1, 0.15) is 6.10 Å². The minimum absolute atomic E-state index is 0.0678. The summed E-state index contributed by atoms with van der Waals surface area (Å²) < 4.78 is 5.57. The van der Waals surface area contributed by atoms with E-state index in [1.165, 1.54) is 39.0 Å². The van der Waals surface area contributed by atoms with Crippen molar-refractivity contribution in [2.45, 2.75) is 98.0 Å². The summed E-state index contributed by atoms with van der Waals surface area (Å²) in [5.41, 5.74) is 2.19. The highest BCUT2D eigenvalue weighted by Crippen LogP contribution is 2.67. The molecule has 0 spiro atoms. The summed E-state index contributed by atoms with van der Waals surface area (Å²) in [5.74, 6) is 2.64. The molecule has 3 saturated carbocycles. The summed E-state index contributed by atoms with van der Waals surface area (Å²) in [6.45, 7) is 8.84. The van der Waals surface area contributed by atoms with E-state index in [0.29, 0.717) is 23.7 Å². The molecule has 4 heteroatoms. The van der Waals surface area contributed by atoms with Crippen LogP contribution in [0.25, 0.3) is 0 Å². The van der Waals surface area contributed by atoms with Crippen LogP contribution >= 0.6 is 0 Å². The van der Waals surface area contributed by atoms with Crippen molar-refractivity contribution in [3.63, 3.8) is 0 Å². The first-order valence-corrected chi connectivity index (χ1v) is 12.2. The number of hydrogen-bond donors (Lipinski definition) is 1. The van der Waals surface area contributed by atoms with E-state index in [0.717, 1.165) is 43.4 Å². The van der Waals surface area contributed by atoms with Crippen molar-refractivity contribution < 1.29 is 19.4 Å². The molecule has 4 nitrogen and oxygen atoms in total. The van der Waals surface area contributed by atoms with Gasteiger partial charge in [-0.1, -0.05) is 32.4 Å². The second-order valence-electron chi connectivity index (χ2n) is 11.4. The molecule has 0 unspecified atom stereocenters. The lowest BCUT2D eigenvalue weighted by molar-refractivity contribution is -0.148. The first-order valence-electron chi connectivity index (χ1n) is 12.2. The molecule has 8 atom stereocenters. The van der Waals surface area contributed by atoms with Gasteiger partial charge in [-0.2, -0.15) is 0 Å². The maximum absolute atomic E-state index is 11.4. The van der Waals surface area contributed by atoms with E-state index in [-0.39, 0.29) is 17.5 Å². The van der Waals surface area contributed by atoms with Crippen LogP contribution in [0.2, 0.25) is 0 Å². The highest BCUT2D eigenvalue weighted by molar-refractivity contribution is 5.66. The lowest BCUT2D eigenvalue weighted by Gasteiger charge is -2.58. The van der Waals surface area contributed by atoms with Crippen LogP contribution < -0.4 is 0 Å². The minimum atomic E-state index is -0.660. The lowest BCUT2D eigenvalue weighted by Crippen LogP contribution is -2.51. The maximum Gasteiger partial charge on any atom is 0.303 e. The molecular weight excluding hydrogens is 376 g/mol. The van der Waals surface area contributed by atoms with Crippen LogP contribution in [0.5, 0.6) is 0 Å². The normalized spacial score (nSPS) is 43.6. The molecule has 0 aliphatic heterocycles. The Bertz CT molecular complexity index is 727. The molecule has 4 aliphatic rings. The van der Waals surface area contributed by atoms with Crippen LogP contribution in [0.1, 0.15) is 91.9 Å². The minimum Gasteiger partial charge on any atom is -0.481 e. The molecule has 4 rings (SSSR count). The fourth-order valence-corrected chi connectivity index (χ4v) is 8.49. The van der Waals surface area contributed by atoms with Gasteiger partial charge in [-0.25, -0.2) is 0 Å². The van der Waals surface area contributed by atoms with Gasteiger partial charge in [0.25, 0.3) is 0 Å². The fraction of sp³-hybridized carbons (Fsp3) is 0.846. The Hall–Kier alpha value is -1.32. The maximum atomic E-state index is 11.4. The Morgan fingerprint density at radius 3 is 2.63 bits per heavy atom. The first kappa shape index (κ1) is 21.9. The molecule has 0 aromatic heterocycles. The molecule has 0 heterocycles. The number of allylic oxidation sites excluding steroid dienone is 1. The zero-order valence-corrected chi connectivity index (χ0v) is 19.3. The third-order valence-electron chi connectivity index (χ3n) is 9.97. The Balaban J connectivity index is 1.51. The summed E-state index contributed by atoms with van der Waals surface area (Å²) in [7, 11) is 0. The van der Waals surface area contributed by atoms with E-state index < -0.39 is 5.97 Å². The first-order chi connectivity index (χ1) is 14.1. The number of esters is 1.